The first-order valence-corrected chi connectivity index (χ1v) is 7.28. The van der Waals surface area contributed by atoms with Gasteiger partial charge in [-0.25, -0.2) is 0 Å². The van der Waals surface area contributed by atoms with Gasteiger partial charge in [0.25, 0.3) is 0 Å². The van der Waals surface area contributed by atoms with Crippen LogP contribution in [-0.2, 0) is 13.1 Å². The third kappa shape index (κ3) is 2.86. The predicted octanol–water partition coefficient (Wildman–Crippen LogP) is 2.22. The van der Waals surface area contributed by atoms with Crippen molar-refractivity contribution < 1.29 is 0 Å². The molecule has 0 saturated carbocycles. The lowest BCUT2D eigenvalue weighted by atomic mass is 9.88. The molecular weight excluding hydrogens is 260 g/mol. The molecule has 0 bridgehead atoms. The molecule has 2 aromatic heterocycles. The van der Waals surface area contributed by atoms with Crippen LogP contribution in [0.4, 0.5) is 0 Å². The Bertz CT molecular complexity index is 651. The van der Waals surface area contributed by atoms with Crippen molar-refractivity contribution in [1.82, 2.24) is 9.97 Å². The van der Waals surface area contributed by atoms with Crippen molar-refractivity contribution in [2.75, 3.05) is 0 Å². The van der Waals surface area contributed by atoms with Gasteiger partial charge in [-0.05, 0) is 41.8 Å². The fourth-order valence-corrected chi connectivity index (χ4v) is 2.89. The molecule has 0 amide bonds. The van der Waals surface area contributed by atoms with Gasteiger partial charge in [-0.3, -0.25) is 9.97 Å². The number of aromatic nitrogens is 2. The highest BCUT2D eigenvalue weighted by molar-refractivity contribution is 5.32. The Labute approximate surface area is 124 Å². The smallest absolute Gasteiger partial charge is 0.0482 e. The van der Waals surface area contributed by atoms with Gasteiger partial charge in [-0.15, -0.1) is 0 Å². The van der Waals surface area contributed by atoms with Crippen molar-refractivity contribution >= 4 is 0 Å². The summed E-state index contributed by atoms with van der Waals surface area (Å²) in [5.74, 6) is 0.592. The molecule has 0 radical (unpaired) electrons. The van der Waals surface area contributed by atoms with Gasteiger partial charge in [0, 0.05) is 48.7 Å². The van der Waals surface area contributed by atoms with Gasteiger partial charge in [-0.2, -0.15) is 0 Å². The Hall–Kier alpha value is -2.04. The van der Waals surface area contributed by atoms with Gasteiger partial charge in [-0.1, -0.05) is 12.2 Å². The van der Waals surface area contributed by atoms with Crippen molar-refractivity contribution in [2.45, 2.75) is 31.3 Å². The van der Waals surface area contributed by atoms with Crippen LogP contribution in [0.25, 0.3) is 0 Å². The number of nitrogens with two attached hydrogens (primary N) is 2. The Morgan fingerprint density at radius 1 is 0.952 bits per heavy atom. The summed E-state index contributed by atoms with van der Waals surface area (Å²) in [6, 6.07) is 8.14. The number of rotatable bonds is 4. The van der Waals surface area contributed by atoms with Crippen LogP contribution in [0.1, 0.15) is 40.8 Å². The largest absolute Gasteiger partial charge is 0.326 e. The first kappa shape index (κ1) is 13.9. The van der Waals surface area contributed by atoms with Crippen molar-refractivity contribution in [1.29, 1.82) is 0 Å². The maximum atomic E-state index is 5.73. The van der Waals surface area contributed by atoms with Crippen molar-refractivity contribution in [3.63, 3.8) is 0 Å². The van der Waals surface area contributed by atoms with Crippen LogP contribution in [0.2, 0.25) is 0 Å². The van der Waals surface area contributed by atoms with Gasteiger partial charge in [0.05, 0.1) is 0 Å². The van der Waals surface area contributed by atoms with E-state index < -0.39 is 0 Å². The van der Waals surface area contributed by atoms with Gasteiger partial charge in [0.2, 0.25) is 0 Å². The zero-order chi connectivity index (χ0) is 14.7. The molecule has 2 atom stereocenters. The molecule has 0 spiro atoms. The highest BCUT2D eigenvalue weighted by Crippen LogP contribution is 2.40. The molecule has 4 heteroatoms. The highest BCUT2D eigenvalue weighted by Gasteiger charge is 2.28. The van der Waals surface area contributed by atoms with E-state index in [1.807, 2.05) is 24.5 Å². The van der Waals surface area contributed by atoms with Crippen LogP contribution >= 0.6 is 0 Å². The maximum absolute atomic E-state index is 5.73. The second-order valence-electron chi connectivity index (χ2n) is 5.38. The Balaban J connectivity index is 1.92. The van der Waals surface area contributed by atoms with Gasteiger partial charge >= 0.3 is 0 Å². The fraction of sp³-hybridized carbons (Fsp3) is 0.294. The summed E-state index contributed by atoms with van der Waals surface area (Å²) in [6.07, 6.45) is 9.11. The maximum Gasteiger partial charge on any atom is 0.0482 e. The highest BCUT2D eigenvalue weighted by atomic mass is 14.7. The molecule has 0 fully saturated rings. The van der Waals surface area contributed by atoms with Gasteiger partial charge in [0.15, 0.2) is 0 Å². The van der Waals surface area contributed by atoms with E-state index >= 15 is 0 Å². The second-order valence-corrected chi connectivity index (χ2v) is 5.38. The first-order valence-electron chi connectivity index (χ1n) is 7.28. The summed E-state index contributed by atoms with van der Waals surface area (Å²) < 4.78 is 0. The average molecular weight is 280 g/mol. The van der Waals surface area contributed by atoms with Crippen molar-refractivity contribution in [3.8, 4) is 0 Å². The van der Waals surface area contributed by atoms with Crippen LogP contribution in [0.5, 0.6) is 0 Å². The van der Waals surface area contributed by atoms with E-state index in [-0.39, 0.29) is 5.92 Å². The summed E-state index contributed by atoms with van der Waals surface area (Å²) in [5.41, 5.74) is 15.9. The third-order valence-electron chi connectivity index (χ3n) is 4.05. The molecule has 0 aromatic carbocycles. The zero-order valence-corrected chi connectivity index (χ0v) is 11.9. The number of hydrogen-bond acceptors (Lipinski definition) is 4. The van der Waals surface area contributed by atoms with Crippen molar-refractivity contribution in [2.24, 2.45) is 11.5 Å². The third-order valence-corrected chi connectivity index (χ3v) is 4.05. The monoisotopic (exact) mass is 280 g/mol. The summed E-state index contributed by atoms with van der Waals surface area (Å²) in [4.78, 5) is 9.07. The molecule has 2 aromatic rings. The number of hydrogen-bond donors (Lipinski definition) is 2. The molecule has 3 rings (SSSR count). The van der Waals surface area contributed by atoms with E-state index in [1.165, 1.54) is 0 Å². The Morgan fingerprint density at radius 2 is 1.57 bits per heavy atom. The normalized spacial score (nSPS) is 20.9. The molecule has 21 heavy (non-hydrogen) atoms. The lowest BCUT2D eigenvalue weighted by Gasteiger charge is -2.19. The second kappa shape index (κ2) is 6.16. The van der Waals surface area contributed by atoms with E-state index in [1.54, 1.807) is 0 Å². The minimum Gasteiger partial charge on any atom is -0.326 e. The molecule has 108 valence electrons. The average Bonchev–Trinajstić information content (AvgIpc) is 3.04. The SMILES string of the molecule is NCc1ccnc(C2C=CCC2c2cc(CN)ccn2)c1. The van der Waals surface area contributed by atoms with E-state index in [2.05, 4.69) is 34.3 Å². The van der Waals surface area contributed by atoms with Crippen LogP contribution in [0, 0.1) is 0 Å². The van der Waals surface area contributed by atoms with Crippen molar-refractivity contribution in [3.05, 3.63) is 71.3 Å². The molecule has 0 saturated heterocycles. The van der Waals surface area contributed by atoms with Crippen LogP contribution in [0.3, 0.4) is 0 Å². The molecule has 1 aliphatic rings. The molecule has 2 unspecified atom stereocenters. The van der Waals surface area contributed by atoms with E-state index in [4.69, 9.17) is 11.5 Å². The predicted molar refractivity (Wildman–Crippen MR) is 83.5 cm³/mol. The number of nitrogens with zero attached hydrogens (tertiary/aromatic N) is 2. The summed E-state index contributed by atoms with van der Waals surface area (Å²) in [6.45, 7) is 1.08. The topological polar surface area (TPSA) is 77.8 Å². The minimum atomic E-state index is 0.261. The number of pyridine rings is 2. The van der Waals surface area contributed by atoms with Gasteiger partial charge in [0.1, 0.15) is 0 Å². The Kier molecular flexibility index (Phi) is 4.08. The molecule has 4 N–H and O–H groups in total. The fourth-order valence-electron chi connectivity index (χ4n) is 2.89. The van der Waals surface area contributed by atoms with Gasteiger partial charge < -0.3 is 11.5 Å². The van der Waals surface area contributed by atoms with E-state index in [0.717, 1.165) is 28.9 Å². The summed E-state index contributed by atoms with van der Waals surface area (Å²) in [5, 5.41) is 0. The van der Waals surface area contributed by atoms with Crippen LogP contribution in [0.15, 0.2) is 48.8 Å². The van der Waals surface area contributed by atoms with Crippen LogP contribution < -0.4 is 11.5 Å². The summed E-state index contributed by atoms with van der Waals surface area (Å²) >= 11 is 0. The molecule has 4 nitrogen and oxygen atoms in total. The van der Waals surface area contributed by atoms with Crippen LogP contribution in [-0.4, -0.2) is 9.97 Å². The minimum absolute atomic E-state index is 0.261. The summed E-state index contributed by atoms with van der Waals surface area (Å²) in [7, 11) is 0. The van der Waals surface area contributed by atoms with E-state index in [0.29, 0.717) is 19.0 Å². The number of allylic oxidation sites excluding steroid dienone is 2. The lowest BCUT2D eigenvalue weighted by Crippen LogP contribution is -2.10. The first-order chi connectivity index (χ1) is 10.3. The zero-order valence-electron chi connectivity index (χ0n) is 11.9. The molecule has 2 heterocycles. The Morgan fingerprint density at radius 3 is 2.24 bits per heavy atom. The molecule has 0 aliphatic heterocycles. The lowest BCUT2D eigenvalue weighted by molar-refractivity contribution is 0.630. The molecule has 1 aliphatic carbocycles. The molecular formula is C17H20N4. The standard InChI is InChI=1S/C17H20N4/c18-10-12-4-6-20-16(8-12)14-2-1-3-15(14)17-9-13(11-19)5-7-21-17/h1-2,4-9,14-15H,3,10-11,18-19H2. The van der Waals surface area contributed by atoms with E-state index in [9.17, 15) is 0 Å². The quantitative estimate of drug-likeness (QED) is 0.842.